The summed E-state index contributed by atoms with van der Waals surface area (Å²) >= 11 is 4.88. The van der Waals surface area contributed by atoms with Gasteiger partial charge in [0.2, 0.25) is 5.91 Å². The van der Waals surface area contributed by atoms with Crippen molar-refractivity contribution < 1.29 is 4.79 Å². The first-order chi connectivity index (χ1) is 8.65. The number of carbonyl (C=O) groups is 1. The minimum atomic E-state index is 0.233. The summed E-state index contributed by atoms with van der Waals surface area (Å²) in [6.07, 6.45) is 9.05. The Hall–Kier alpha value is -0.640. The van der Waals surface area contributed by atoms with Crippen LogP contribution in [0.3, 0.4) is 0 Å². The minimum absolute atomic E-state index is 0.233. The number of nitrogens with zero attached hydrogens (tertiary/aromatic N) is 1. The van der Waals surface area contributed by atoms with Gasteiger partial charge in [-0.25, -0.2) is 0 Å². The molecule has 0 atom stereocenters. The molecule has 104 valence electrons. The van der Waals surface area contributed by atoms with E-state index in [0.29, 0.717) is 23.9 Å². The lowest BCUT2D eigenvalue weighted by molar-refractivity contribution is -0.135. The zero-order chi connectivity index (χ0) is 13.4. The highest BCUT2D eigenvalue weighted by Crippen LogP contribution is 2.24. The predicted molar refractivity (Wildman–Crippen MR) is 79.5 cm³/mol. The molecule has 1 fully saturated rings. The topological polar surface area (TPSA) is 46.3 Å². The molecule has 0 heterocycles. The van der Waals surface area contributed by atoms with Gasteiger partial charge in [0.15, 0.2) is 0 Å². The van der Waals surface area contributed by atoms with Gasteiger partial charge in [0.1, 0.15) is 0 Å². The summed E-state index contributed by atoms with van der Waals surface area (Å²) in [4.78, 5) is 14.9. The molecule has 0 unspecified atom stereocenters. The Morgan fingerprint density at radius 1 is 1.22 bits per heavy atom. The number of hydrogen-bond acceptors (Lipinski definition) is 2. The Labute approximate surface area is 116 Å². The number of nitrogens with two attached hydrogens (primary N) is 1. The third-order valence-corrected chi connectivity index (χ3v) is 3.98. The van der Waals surface area contributed by atoms with Crippen molar-refractivity contribution in [2.24, 2.45) is 11.7 Å². The van der Waals surface area contributed by atoms with Crippen LogP contribution < -0.4 is 5.73 Å². The van der Waals surface area contributed by atoms with Gasteiger partial charge in [0.25, 0.3) is 0 Å². The van der Waals surface area contributed by atoms with Crippen LogP contribution in [0.15, 0.2) is 0 Å². The van der Waals surface area contributed by atoms with E-state index in [0.717, 1.165) is 19.4 Å². The lowest BCUT2D eigenvalue weighted by Gasteiger charge is -2.27. The highest BCUT2D eigenvalue weighted by atomic mass is 32.1. The highest BCUT2D eigenvalue weighted by Gasteiger charge is 2.23. The van der Waals surface area contributed by atoms with E-state index in [9.17, 15) is 4.79 Å². The molecule has 0 aromatic carbocycles. The van der Waals surface area contributed by atoms with E-state index in [2.05, 4.69) is 0 Å². The average Bonchev–Trinajstić information content (AvgIpc) is 2.28. The molecule has 1 aliphatic carbocycles. The van der Waals surface area contributed by atoms with Crippen molar-refractivity contribution in [1.82, 2.24) is 4.90 Å². The summed E-state index contributed by atoms with van der Waals surface area (Å²) in [6.45, 7) is 3.47. The van der Waals surface area contributed by atoms with Crippen LogP contribution >= 0.6 is 12.2 Å². The zero-order valence-corrected chi connectivity index (χ0v) is 12.3. The van der Waals surface area contributed by atoms with Gasteiger partial charge >= 0.3 is 0 Å². The fraction of sp³-hybridized carbons (Fsp3) is 0.857. The average molecular weight is 270 g/mol. The number of amides is 1. The van der Waals surface area contributed by atoms with E-state index in [-0.39, 0.29) is 5.92 Å². The van der Waals surface area contributed by atoms with Crippen LogP contribution in [0, 0.1) is 5.92 Å². The number of carbonyl (C=O) groups excluding carboxylic acids is 1. The van der Waals surface area contributed by atoms with Gasteiger partial charge in [0, 0.05) is 25.4 Å². The van der Waals surface area contributed by atoms with Crippen LogP contribution in [0.1, 0.15) is 58.3 Å². The number of hydrogen-bond donors (Lipinski definition) is 1. The van der Waals surface area contributed by atoms with Crippen LogP contribution in [0.2, 0.25) is 0 Å². The maximum absolute atomic E-state index is 12.4. The maximum Gasteiger partial charge on any atom is 0.225 e. The Morgan fingerprint density at radius 3 is 2.28 bits per heavy atom. The second-order valence-electron chi connectivity index (χ2n) is 5.18. The molecule has 0 aliphatic heterocycles. The second kappa shape index (κ2) is 8.46. The van der Waals surface area contributed by atoms with Crippen molar-refractivity contribution in [3.05, 3.63) is 0 Å². The van der Waals surface area contributed by atoms with E-state index in [1.54, 1.807) is 0 Å². The Morgan fingerprint density at radius 2 is 1.78 bits per heavy atom. The summed E-state index contributed by atoms with van der Waals surface area (Å²) in [7, 11) is 0. The predicted octanol–water partition coefficient (Wildman–Crippen LogP) is 2.87. The molecular formula is C14H26N2OS. The van der Waals surface area contributed by atoms with Crippen LogP contribution in [0.4, 0.5) is 0 Å². The monoisotopic (exact) mass is 270 g/mol. The Bertz CT molecular complexity index is 273. The summed E-state index contributed by atoms with van der Waals surface area (Å²) in [5, 5.41) is 0. The highest BCUT2D eigenvalue weighted by molar-refractivity contribution is 7.80. The molecule has 0 spiro atoms. The van der Waals surface area contributed by atoms with E-state index in [4.69, 9.17) is 18.0 Å². The van der Waals surface area contributed by atoms with E-state index in [1.165, 1.54) is 32.1 Å². The van der Waals surface area contributed by atoms with Gasteiger partial charge in [-0.1, -0.05) is 44.3 Å². The SMILES string of the molecule is CCN(CCC(N)=S)C(=O)C1CCCCCCC1. The molecule has 2 N–H and O–H groups in total. The van der Waals surface area contributed by atoms with Gasteiger partial charge in [-0.15, -0.1) is 0 Å². The molecular weight excluding hydrogens is 244 g/mol. The van der Waals surface area contributed by atoms with Gasteiger partial charge in [-0.3, -0.25) is 4.79 Å². The van der Waals surface area contributed by atoms with Crippen LogP contribution in [-0.2, 0) is 4.79 Å². The van der Waals surface area contributed by atoms with Gasteiger partial charge in [-0.2, -0.15) is 0 Å². The normalized spacial score (nSPS) is 17.8. The summed E-state index contributed by atoms with van der Waals surface area (Å²) in [5.41, 5.74) is 5.51. The van der Waals surface area contributed by atoms with Crippen LogP contribution in [0.5, 0.6) is 0 Å². The number of thiocarbonyl (C=S) groups is 1. The molecule has 3 nitrogen and oxygen atoms in total. The molecule has 1 rings (SSSR count). The van der Waals surface area contributed by atoms with E-state index < -0.39 is 0 Å². The first-order valence-electron chi connectivity index (χ1n) is 7.22. The van der Waals surface area contributed by atoms with Crippen molar-refractivity contribution in [3.63, 3.8) is 0 Å². The fourth-order valence-corrected chi connectivity index (χ4v) is 2.72. The zero-order valence-electron chi connectivity index (χ0n) is 11.5. The number of rotatable bonds is 5. The molecule has 18 heavy (non-hydrogen) atoms. The van der Waals surface area contributed by atoms with Crippen LogP contribution in [0.25, 0.3) is 0 Å². The lowest BCUT2D eigenvalue weighted by atomic mass is 9.90. The third-order valence-electron chi connectivity index (χ3n) is 3.78. The van der Waals surface area contributed by atoms with E-state index in [1.807, 2.05) is 11.8 Å². The minimum Gasteiger partial charge on any atom is -0.393 e. The maximum atomic E-state index is 12.4. The van der Waals surface area contributed by atoms with Gasteiger partial charge < -0.3 is 10.6 Å². The first kappa shape index (κ1) is 15.4. The van der Waals surface area contributed by atoms with Crippen molar-refractivity contribution >= 4 is 23.1 Å². The Kier molecular flexibility index (Phi) is 7.25. The van der Waals surface area contributed by atoms with E-state index >= 15 is 0 Å². The van der Waals surface area contributed by atoms with Gasteiger partial charge in [0.05, 0.1) is 4.99 Å². The van der Waals surface area contributed by atoms with Crippen molar-refractivity contribution in [1.29, 1.82) is 0 Å². The molecule has 4 heteroatoms. The quantitative estimate of drug-likeness (QED) is 0.781. The standard InChI is InChI=1S/C14H26N2OS/c1-2-16(11-10-13(15)18)14(17)12-8-6-4-3-5-7-9-12/h12H,2-11H2,1H3,(H2,15,18). The smallest absolute Gasteiger partial charge is 0.225 e. The Balaban J connectivity index is 2.49. The molecule has 0 bridgehead atoms. The molecule has 1 aliphatic rings. The summed E-state index contributed by atoms with van der Waals surface area (Å²) in [5.74, 6) is 0.548. The third kappa shape index (κ3) is 5.34. The largest absolute Gasteiger partial charge is 0.393 e. The first-order valence-corrected chi connectivity index (χ1v) is 7.63. The lowest BCUT2D eigenvalue weighted by Crippen LogP contribution is -2.38. The molecule has 0 aromatic heterocycles. The van der Waals surface area contributed by atoms with Gasteiger partial charge in [-0.05, 0) is 19.8 Å². The molecule has 1 amide bonds. The van der Waals surface area contributed by atoms with Crippen molar-refractivity contribution in [2.45, 2.75) is 58.3 Å². The van der Waals surface area contributed by atoms with Crippen molar-refractivity contribution in [3.8, 4) is 0 Å². The molecule has 0 radical (unpaired) electrons. The van der Waals surface area contributed by atoms with Crippen LogP contribution in [-0.4, -0.2) is 28.9 Å². The van der Waals surface area contributed by atoms with Crippen molar-refractivity contribution in [2.75, 3.05) is 13.1 Å². The summed E-state index contributed by atoms with van der Waals surface area (Å²) in [6, 6.07) is 0. The molecule has 0 aromatic rings. The summed E-state index contributed by atoms with van der Waals surface area (Å²) < 4.78 is 0. The molecule has 1 saturated carbocycles. The molecule has 0 saturated heterocycles. The second-order valence-corrected chi connectivity index (χ2v) is 5.70. The fourth-order valence-electron chi connectivity index (χ4n) is 2.63.